The molecule has 2 N–H and O–H groups in total. The number of allylic oxidation sites excluding steroid dienone is 1. The van der Waals surface area contributed by atoms with Gasteiger partial charge in [-0.05, 0) is 61.7 Å². The van der Waals surface area contributed by atoms with Crippen molar-refractivity contribution in [3.8, 4) is 0 Å². The minimum Gasteiger partial charge on any atom is -0.357 e. The summed E-state index contributed by atoms with van der Waals surface area (Å²) in [5.41, 5.74) is 4.13. The largest absolute Gasteiger partial charge is 0.357 e. The number of anilines is 1. The van der Waals surface area contributed by atoms with Crippen LogP contribution in [0.4, 0.5) is 5.69 Å². The highest BCUT2D eigenvalue weighted by atomic mass is 32.2. The minimum absolute atomic E-state index is 0.0954. The average Bonchev–Trinajstić information content (AvgIpc) is 2.74. The van der Waals surface area contributed by atoms with Gasteiger partial charge in [-0.25, -0.2) is 0 Å². The van der Waals surface area contributed by atoms with Crippen LogP contribution >= 0.6 is 11.8 Å². The van der Waals surface area contributed by atoms with Crippen molar-refractivity contribution < 1.29 is 0 Å². The normalized spacial score (nSPS) is 25.9. The van der Waals surface area contributed by atoms with E-state index in [1.807, 2.05) is 0 Å². The van der Waals surface area contributed by atoms with Gasteiger partial charge >= 0.3 is 0 Å². The quantitative estimate of drug-likeness (QED) is 0.346. The van der Waals surface area contributed by atoms with Crippen molar-refractivity contribution in [2.45, 2.75) is 69.6 Å². The number of fused-ring (bicyclic) bond motifs is 1. The van der Waals surface area contributed by atoms with Gasteiger partial charge in [0, 0.05) is 29.9 Å². The van der Waals surface area contributed by atoms with Crippen molar-refractivity contribution >= 4 is 17.4 Å². The molecule has 2 aliphatic rings. The van der Waals surface area contributed by atoms with Crippen LogP contribution in [0.2, 0.25) is 0 Å². The molecule has 1 aromatic carbocycles. The third-order valence-corrected chi connectivity index (χ3v) is 8.27. The van der Waals surface area contributed by atoms with Crippen molar-refractivity contribution in [3.63, 3.8) is 0 Å². The zero-order chi connectivity index (χ0) is 21.6. The first kappa shape index (κ1) is 23.3. The van der Waals surface area contributed by atoms with E-state index in [9.17, 15) is 0 Å². The topological polar surface area (TPSA) is 27.3 Å². The van der Waals surface area contributed by atoms with E-state index in [-0.39, 0.29) is 5.41 Å². The van der Waals surface area contributed by atoms with Crippen LogP contribution in [-0.4, -0.2) is 36.5 Å². The molecular formula is C26H41N3S. The van der Waals surface area contributed by atoms with E-state index < -0.39 is 0 Å². The second-order valence-electron chi connectivity index (χ2n) is 9.24. The van der Waals surface area contributed by atoms with Crippen LogP contribution in [-0.2, 0) is 12.0 Å². The Labute approximate surface area is 188 Å². The molecule has 3 nitrogen and oxygen atoms in total. The first-order chi connectivity index (χ1) is 14.5. The highest BCUT2D eigenvalue weighted by molar-refractivity contribution is 8.00. The van der Waals surface area contributed by atoms with E-state index in [2.05, 4.69) is 92.2 Å². The molecule has 0 saturated heterocycles. The average molecular weight is 428 g/mol. The van der Waals surface area contributed by atoms with Gasteiger partial charge in [0.05, 0.1) is 5.82 Å². The van der Waals surface area contributed by atoms with Crippen molar-refractivity contribution in [3.05, 3.63) is 53.9 Å². The lowest BCUT2D eigenvalue weighted by atomic mass is 9.65. The van der Waals surface area contributed by atoms with Gasteiger partial charge in [0.2, 0.25) is 0 Å². The monoisotopic (exact) mass is 427 g/mol. The third-order valence-electron chi connectivity index (χ3n) is 6.97. The van der Waals surface area contributed by atoms with Crippen molar-refractivity contribution in [1.82, 2.24) is 10.2 Å². The molecule has 1 aromatic rings. The Morgan fingerprint density at radius 2 is 2.13 bits per heavy atom. The fraction of sp³-hybridized carbons (Fsp3) is 0.615. The maximum absolute atomic E-state index is 4.11. The zero-order valence-electron chi connectivity index (χ0n) is 19.5. The number of hydrogen-bond acceptors (Lipinski definition) is 4. The summed E-state index contributed by atoms with van der Waals surface area (Å²) in [6.07, 6.45) is 13.0. The van der Waals surface area contributed by atoms with E-state index in [4.69, 9.17) is 0 Å². The maximum Gasteiger partial charge on any atom is 0.0983 e. The molecule has 4 heteroatoms. The summed E-state index contributed by atoms with van der Waals surface area (Å²) in [6.45, 7) is 10.9. The molecule has 0 bridgehead atoms. The van der Waals surface area contributed by atoms with Gasteiger partial charge in [-0.3, -0.25) is 0 Å². The van der Waals surface area contributed by atoms with E-state index in [0.29, 0.717) is 11.2 Å². The molecule has 2 unspecified atom stereocenters. The summed E-state index contributed by atoms with van der Waals surface area (Å²) in [5.74, 6) is 2.93. The van der Waals surface area contributed by atoms with Gasteiger partial charge in [-0.15, -0.1) is 0 Å². The molecule has 1 heterocycles. The van der Waals surface area contributed by atoms with Gasteiger partial charge < -0.3 is 15.5 Å². The van der Waals surface area contributed by atoms with E-state index in [0.717, 1.165) is 18.9 Å². The molecule has 3 atom stereocenters. The molecule has 1 aliphatic carbocycles. The molecule has 0 aromatic heterocycles. The molecule has 0 amide bonds. The molecule has 0 fully saturated rings. The van der Waals surface area contributed by atoms with Gasteiger partial charge in [0.15, 0.2) is 0 Å². The summed E-state index contributed by atoms with van der Waals surface area (Å²) >= 11 is 2.17. The Balaban J connectivity index is 1.76. The first-order valence-electron chi connectivity index (χ1n) is 11.7. The molecule has 1 aliphatic heterocycles. The number of benzene rings is 1. The number of hydrogen-bond donors (Lipinski definition) is 2. The van der Waals surface area contributed by atoms with Crippen molar-refractivity contribution in [2.75, 3.05) is 31.7 Å². The van der Waals surface area contributed by atoms with Gasteiger partial charge in [-0.1, -0.05) is 64.0 Å². The van der Waals surface area contributed by atoms with Gasteiger partial charge in [0.25, 0.3) is 0 Å². The third kappa shape index (κ3) is 5.45. The molecule has 0 spiro atoms. The predicted octanol–water partition coefficient (Wildman–Crippen LogP) is 6.14. The SMILES string of the molecule is C=C1Nc2ccc([C@@]3(C)C=CC(SCCCCCC)CC3CCNC)cc2CN1C. The van der Waals surface area contributed by atoms with E-state index in [1.165, 1.54) is 61.1 Å². The second-order valence-corrected chi connectivity index (χ2v) is 10.6. The predicted molar refractivity (Wildman–Crippen MR) is 134 cm³/mol. The van der Waals surface area contributed by atoms with Gasteiger partial charge in [0.1, 0.15) is 0 Å². The summed E-state index contributed by atoms with van der Waals surface area (Å²) in [7, 11) is 4.18. The number of thioether (sulfide) groups is 1. The minimum atomic E-state index is 0.0954. The summed E-state index contributed by atoms with van der Waals surface area (Å²) in [6, 6.07) is 7.02. The second kappa shape index (κ2) is 10.8. The fourth-order valence-corrected chi connectivity index (χ4v) is 6.02. The van der Waals surface area contributed by atoms with Crippen LogP contribution in [0.15, 0.2) is 42.8 Å². The lowest BCUT2D eigenvalue weighted by Gasteiger charge is -2.42. The molecule has 30 heavy (non-hydrogen) atoms. The molecule has 166 valence electrons. The molecule has 3 rings (SSSR count). The summed E-state index contributed by atoms with van der Waals surface area (Å²) in [5, 5.41) is 7.49. The van der Waals surface area contributed by atoms with Crippen LogP contribution in [0.3, 0.4) is 0 Å². The Hall–Kier alpha value is -1.39. The van der Waals surface area contributed by atoms with Crippen LogP contribution in [0.1, 0.15) is 63.5 Å². The molecule has 0 saturated carbocycles. The Morgan fingerprint density at radius 1 is 1.30 bits per heavy atom. The van der Waals surface area contributed by atoms with Crippen LogP contribution < -0.4 is 10.6 Å². The van der Waals surface area contributed by atoms with E-state index >= 15 is 0 Å². The number of rotatable bonds is 10. The maximum atomic E-state index is 4.11. The van der Waals surface area contributed by atoms with Gasteiger partial charge in [-0.2, -0.15) is 11.8 Å². The smallest absolute Gasteiger partial charge is 0.0983 e. The first-order valence-corrected chi connectivity index (χ1v) is 12.8. The highest BCUT2D eigenvalue weighted by Gasteiger charge is 2.38. The zero-order valence-corrected chi connectivity index (χ0v) is 20.3. The summed E-state index contributed by atoms with van der Waals surface area (Å²) < 4.78 is 0. The Bertz CT molecular complexity index is 744. The number of nitrogens with one attached hydrogen (secondary N) is 2. The van der Waals surface area contributed by atoms with Crippen LogP contribution in [0.5, 0.6) is 0 Å². The van der Waals surface area contributed by atoms with E-state index in [1.54, 1.807) is 0 Å². The standard InChI is InChI=1S/C26H41N3S/c1-6-7-8-9-16-30-24-12-14-26(3,23(18-24)13-15-27-4)22-10-11-25-21(17-22)19-29(5)20(2)28-25/h10-12,14,17,23-24,27-28H,2,6-9,13,15-16,18-19H2,1,3-5H3/t23?,24?,26-/m1/s1. The Morgan fingerprint density at radius 3 is 2.90 bits per heavy atom. The van der Waals surface area contributed by atoms with Crippen LogP contribution in [0.25, 0.3) is 0 Å². The lowest BCUT2D eigenvalue weighted by molar-refractivity contribution is 0.302. The summed E-state index contributed by atoms with van der Waals surface area (Å²) in [4.78, 5) is 2.19. The van der Waals surface area contributed by atoms with Crippen molar-refractivity contribution in [1.29, 1.82) is 0 Å². The molecule has 0 radical (unpaired) electrons. The van der Waals surface area contributed by atoms with Crippen molar-refractivity contribution in [2.24, 2.45) is 5.92 Å². The fourth-order valence-electron chi connectivity index (χ4n) is 4.79. The van der Waals surface area contributed by atoms with Crippen LogP contribution in [0, 0.1) is 5.92 Å². The number of nitrogens with zero attached hydrogens (tertiary/aromatic N) is 1. The highest BCUT2D eigenvalue weighted by Crippen LogP contribution is 2.45. The molecular weight excluding hydrogens is 386 g/mol. The Kier molecular flexibility index (Phi) is 8.35. The lowest BCUT2D eigenvalue weighted by Crippen LogP contribution is -2.37. The number of unbranched alkanes of at least 4 members (excludes halogenated alkanes) is 3.